The minimum atomic E-state index is 0.561. The Morgan fingerprint density at radius 3 is 2.85 bits per heavy atom. The summed E-state index contributed by atoms with van der Waals surface area (Å²) >= 11 is 11.7. The molecule has 1 heterocycles. The average Bonchev–Trinajstić information content (AvgIpc) is 2.77. The fourth-order valence-corrected chi connectivity index (χ4v) is 2.82. The molecular weight excluding hydrogens is 290 g/mol. The first kappa shape index (κ1) is 12.9. The number of rotatable bonds is 1. The Kier molecular flexibility index (Phi) is 3.09. The van der Waals surface area contributed by atoms with E-state index in [1.807, 2.05) is 41.8 Å². The third-order valence-corrected chi connectivity index (χ3v) is 3.82. The first-order valence-corrected chi connectivity index (χ1v) is 6.81. The van der Waals surface area contributed by atoms with E-state index in [1.54, 1.807) is 6.07 Å². The molecule has 1 N–H and O–H groups in total. The number of nitrogens with zero attached hydrogens (tertiary/aromatic N) is 2. The van der Waals surface area contributed by atoms with Gasteiger partial charge in [-0.15, -0.1) is 0 Å². The van der Waals surface area contributed by atoms with Crippen molar-refractivity contribution in [2.75, 3.05) is 0 Å². The zero-order valence-electron chi connectivity index (χ0n) is 10.6. The summed E-state index contributed by atoms with van der Waals surface area (Å²) in [7, 11) is 0. The van der Waals surface area contributed by atoms with Crippen molar-refractivity contribution in [1.29, 1.82) is 5.26 Å². The fourth-order valence-electron chi connectivity index (χ4n) is 2.27. The number of H-pyrrole nitrogens is 1. The number of halogens is 1. The van der Waals surface area contributed by atoms with E-state index < -0.39 is 0 Å². The highest BCUT2D eigenvalue weighted by atomic mass is 35.5. The lowest BCUT2D eigenvalue weighted by Crippen LogP contribution is -1.98. The predicted molar refractivity (Wildman–Crippen MR) is 82.9 cm³/mol. The smallest absolute Gasteiger partial charge is 0.182 e. The first-order valence-electron chi connectivity index (χ1n) is 6.02. The number of aromatic amines is 1. The highest BCUT2D eigenvalue weighted by Crippen LogP contribution is 2.28. The molecule has 2 aromatic carbocycles. The summed E-state index contributed by atoms with van der Waals surface area (Å²) < 4.78 is 2.44. The van der Waals surface area contributed by atoms with Crippen LogP contribution in [0.5, 0.6) is 0 Å². The molecule has 0 saturated carbocycles. The lowest BCUT2D eigenvalue weighted by molar-refractivity contribution is 1.05. The van der Waals surface area contributed by atoms with Crippen LogP contribution in [0.1, 0.15) is 11.1 Å². The molecule has 1 aromatic heterocycles. The van der Waals surface area contributed by atoms with Gasteiger partial charge in [-0.05, 0) is 49.0 Å². The summed E-state index contributed by atoms with van der Waals surface area (Å²) in [6, 6.07) is 13.3. The van der Waals surface area contributed by atoms with Crippen molar-refractivity contribution < 1.29 is 0 Å². The number of nitrogens with one attached hydrogen (secondary N) is 1. The molecule has 98 valence electrons. The molecule has 0 spiro atoms. The van der Waals surface area contributed by atoms with Gasteiger partial charge in [-0.25, -0.2) is 0 Å². The topological polar surface area (TPSA) is 44.5 Å². The van der Waals surface area contributed by atoms with E-state index in [0.29, 0.717) is 15.4 Å². The Hall–Kier alpha value is -2.09. The van der Waals surface area contributed by atoms with Gasteiger partial charge < -0.3 is 4.98 Å². The van der Waals surface area contributed by atoms with Gasteiger partial charge in [0.1, 0.15) is 0 Å². The third kappa shape index (κ3) is 1.92. The number of para-hydroxylation sites is 1. The third-order valence-electron chi connectivity index (χ3n) is 3.23. The van der Waals surface area contributed by atoms with Crippen LogP contribution < -0.4 is 0 Å². The van der Waals surface area contributed by atoms with Crippen molar-refractivity contribution in [2.24, 2.45) is 0 Å². The second-order valence-electron chi connectivity index (χ2n) is 4.51. The van der Waals surface area contributed by atoms with Crippen molar-refractivity contribution in [1.82, 2.24) is 9.55 Å². The maximum atomic E-state index is 9.07. The number of aryl methyl sites for hydroxylation is 1. The van der Waals surface area contributed by atoms with Gasteiger partial charge in [0.2, 0.25) is 0 Å². The van der Waals surface area contributed by atoms with Crippen molar-refractivity contribution in [3.05, 3.63) is 57.3 Å². The minimum Gasteiger partial charge on any atom is -0.330 e. The van der Waals surface area contributed by atoms with E-state index in [1.165, 1.54) is 0 Å². The number of aromatic nitrogens is 2. The molecule has 0 fully saturated rings. The van der Waals surface area contributed by atoms with E-state index in [4.69, 9.17) is 29.1 Å². The molecule has 3 rings (SSSR count). The molecule has 0 aliphatic rings. The van der Waals surface area contributed by atoms with Gasteiger partial charge in [-0.1, -0.05) is 23.7 Å². The van der Waals surface area contributed by atoms with Crippen LogP contribution >= 0.6 is 23.8 Å². The quantitative estimate of drug-likeness (QED) is 0.671. The molecule has 0 saturated heterocycles. The monoisotopic (exact) mass is 299 g/mol. The fraction of sp³-hybridized carbons (Fsp3) is 0.0667. The summed E-state index contributed by atoms with van der Waals surface area (Å²) in [6.07, 6.45) is 0. The maximum Gasteiger partial charge on any atom is 0.182 e. The van der Waals surface area contributed by atoms with Crippen molar-refractivity contribution in [3.8, 4) is 11.8 Å². The standard InChI is InChI=1S/C15H10ClN3S/c1-9-5-6-10(8-17)7-13(9)19-14-11(16)3-2-4-12(14)18-15(19)20/h2-7H,1H3,(H,18,20). The van der Waals surface area contributed by atoms with Crippen LogP contribution in [0, 0.1) is 23.0 Å². The average molecular weight is 300 g/mol. The van der Waals surface area contributed by atoms with Crippen LogP contribution in [-0.4, -0.2) is 9.55 Å². The molecule has 5 heteroatoms. The SMILES string of the molecule is Cc1ccc(C#N)cc1-n1c(=S)[nH]c2cccc(Cl)c21. The second kappa shape index (κ2) is 4.78. The molecule has 0 amide bonds. The Bertz CT molecular complexity index is 915. The Balaban J connectivity index is 2.44. The summed E-state index contributed by atoms with van der Waals surface area (Å²) in [5.41, 5.74) is 4.20. The Morgan fingerprint density at radius 1 is 1.30 bits per heavy atom. The van der Waals surface area contributed by atoms with Crippen LogP contribution in [0.4, 0.5) is 0 Å². The molecule has 3 nitrogen and oxygen atoms in total. The molecule has 20 heavy (non-hydrogen) atoms. The summed E-state index contributed by atoms with van der Waals surface area (Å²) in [5.74, 6) is 0. The maximum absolute atomic E-state index is 9.07. The second-order valence-corrected chi connectivity index (χ2v) is 5.31. The van der Waals surface area contributed by atoms with E-state index >= 15 is 0 Å². The van der Waals surface area contributed by atoms with Crippen LogP contribution in [0.2, 0.25) is 5.02 Å². The van der Waals surface area contributed by atoms with Gasteiger partial charge in [0, 0.05) is 0 Å². The van der Waals surface area contributed by atoms with E-state index in [9.17, 15) is 0 Å². The molecule has 0 bridgehead atoms. The molecular formula is C15H10ClN3S. The molecule has 3 aromatic rings. The number of hydrogen-bond acceptors (Lipinski definition) is 2. The zero-order chi connectivity index (χ0) is 14.3. The summed E-state index contributed by atoms with van der Waals surface area (Å²) in [4.78, 5) is 3.14. The molecule has 0 aliphatic carbocycles. The Labute approximate surface area is 126 Å². The van der Waals surface area contributed by atoms with Crippen LogP contribution in [0.3, 0.4) is 0 Å². The molecule has 0 aliphatic heterocycles. The van der Waals surface area contributed by atoms with Crippen molar-refractivity contribution >= 4 is 34.9 Å². The predicted octanol–water partition coefficient (Wildman–Crippen LogP) is 4.52. The van der Waals surface area contributed by atoms with Gasteiger partial charge in [0.05, 0.1) is 33.4 Å². The van der Waals surface area contributed by atoms with Crippen LogP contribution in [0.25, 0.3) is 16.7 Å². The number of hydrogen-bond donors (Lipinski definition) is 1. The van der Waals surface area contributed by atoms with Gasteiger partial charge in [0.15, 0.2) is 4.77 Å². The van der Waals surface area contributed by atoms with E-state index in [2.05, 4.69) is 11.1 Å². The summed E-state index contributed by atoms with van der Waals surface area (Å²) in [5, 5.41) is 9.69. The van der Waals surface area contributed by atoms with Gasteiger partial charge in [-0.2, -0.15) is 5.26 Å². The van der Waals surface area contributed by atoms with E-state index in [0.717, 1.165) is 22.3 Å². The number of fused-ring (bicyclic) bond motifs is 1. The lowest BCUT2D eigenvalue weighted by Gasteiger charge is -2.09. The largest absolute Gasteiger partial charge is 0.330 e. The lowest BCUT2D eigenvalue weighted by atomic mass is 10.1. The summed E-state index contributed by atoms with van der Waals surface area (Å²) in [6.45, 7) is 1.98. The minimum absolute atomic E-state index is 0.561. The van der Waals surface area contributed by atoms with Crippen molar-refractivity contribution in [2.45, 2.75) is 6.92 Å². The van der Waals surface area contributed by atoms with Crippen LogP contribution in [-0.2, 0) is 0 Å². The van der Waals surface area contributed by atoms with Gasteiger partial charge in [0.25, 0.3) is 0 Å². The number of imidazole rings is 1. The molecule has 0 radical (unpaired) electrons. The van der Waals surface area contributed by atoms with Crippen molar-refractivity contribution in [3.63, 3.8) is 0 Å². The van der Waals surface area contributed by atoms with Crippen LogP contribution in [0.15, 0.2) is 36.4 Å². The normalized spacial score (nSPS) is 10.7. The van der Waals surface area contributed by atoms with Gasteiger partial charge in [-0.3, -0.25) is 4.57 Å². The molecule has 0 unspecified atom stereocenters. The zero-order valence-corrected chi connectivity index (χ0v) is 12.2. The number of benzene rings is 2. The highest BCUT2D eigenvalue weighted by Gasteiger charge is 2.12. The Morgan fingerprint density at radius 2 is 2.10 bits per heavy atom. The first-order chi connectivity index (χ1) is 9.61. The van der Waals surface area contributed by atoms with Gasteiger partial charge >= 0.3 is 0 Å². The highest BCUT2D eigenvalue weighted by molar-refractivity contribution is 7.71. The van der Waals surface area contributed by atoms with E-state index in [-0.39, 0.29) is 0 Å². The number of nitriles is 1. The molecule has 0 atom stereocenters.